The molecule has 1 aliphatic carbocycles. The number of aryl methyl sites for hydroxylation is 1. The molecule has 0 saturated heterocycles. The summed E-state index contributed by atoms with van der Waals surface area (Å²) >= 11 is 0. The van der Waals surface area contributed by atoms with Crippen molar-refractivity contribution in [2.24, 2.45) is 23.7 Å². The van der Waals surface area contributed by atoms with Gasteiger partial charge in [-0.05, 0) is 36.5 Å². The van der Waals surface area contributed by atoms with Crippen LogP contribution in [0.5, 0.6) is 0 Å². The highest BCUT2D eigenvalue weighted by molar-refractivity contribution is 6.18. The van der Waals surface area contributed by atoms with Crippen LogP contribution in [0.15, 0.2) is 29.5 Å². The summed E-state index contributed by atoms with van der Waals surface area (Å²) in [7, 11) is 1.87. The van der Waals surface area contributed by atoms with Crippen molar-refractivity contribution in [3.8, 4) is 11.3 Å². The van der Waals surface area contributed by atoms with Crippen molar-refractivity contribution in [2.75, 3.05) is 6.54 Å². The fraction of sp³-hybridized carbons (Fsp3) is 0.417. The van der Waals surface area contributed by atoms with Gasteiger partial charge >= 0.3 is 0 Å². The van der Waals surface area contributed by atoms with Crippen molar-refractivity contribution in [3.63, 3.8) is 0 Å². The molecule has 0 bridgehead atoms. The SMILES string of the molecule is Cn1cc(-c2[nH]c3cc(CC(=O)[C@H](N)C4CCCCC4)cc4c3c2C=NCC4=O)cn1. The second kappa shape index (κ2) is 7.89. The summed E-state index contributed by atoms with van der Waals surface area (Å²) in [4.78, 5) is 33.5. The summed E-state index contributed by atoms with van der Waals surface area (Å²) in [6, 6.07) is 3.40. The molecule has 1 fully saturated rings. The number of aromatic nitrogens is 3. The number of nitrogens with zero attached hydrogens (tertiary/aromatic N) is 3. The number of aromatic amines is 1. The Kier molecular flexibility index (Phi) is 5.06. The van der Waals surface area contributed by atoms with E-state index >= 15 is 0 Å². The molecular weight excluding hydrogens is 390 g/mol. The summed E-state index contributed by atoms with van der Waals surface area (Å²) in [5.41, 5.74) is 11.3. The molecule has 3 N–H and O–H groups in total. The third-order valence-electron chi connectivity index (χ3n) is 6.65. The molecule has 0 amide bonds. The first-order valence-corrected chi connectivity index (χ1v) is 11.0. The van der Waals surface area contributed by atoms with E-state index in [1.165, 1.54) is 6.42 Å². The molecule has 7 nitrogen and oxygen atoms in total. The Labute approximate surface area is 180 Å². The Hall–Kier alpha value is -3.06. The highest BCUT2D eigenvalue weighted by atomic mass is 16.1. The van der Waals surface area contributed by atoms with Gasteiger partial charge in [-0.15, -0.1) is 0 Å². The number of carbonyl (C=O) groups is 2. The number of rotatable bonds is 5. The van der Waals surface area contributed by atoms with Crippen molar-refractivity contribution in [2.45, 2.75) is 44.6 Å². The Balaban J connectivity index is 1.53. The minimum Gasteiger partial charge on any atom is -0.354 e. The first-order valence-electron chi connectivity index (χ1n) is 11.0. The van der Waals surface area contributed by atoms with E-state index in [-0.39, 0.29) is 30.4 Å². The van der Waals surface area contributed by atoms with Gasteiger partial charge in [0.1, 0.15) is 6.54 Å². The maximum Gasteiger partial charge on any atom is 0.184 e. The molecule has 2 aliphatic rings. The topological polar surface area (TPSA) is 106 Å². The zero-order chi connectivity index (χ0) is 21.5. The van der Waals surface area contributed by atoms with Gasteiger partial charge in [0.2, 0.25) is 0 Å². The van der Waals surface area contributed by atoms with E-state index in [1.54, 1.807) is 17.1 Å². The molecule has 1 aromatic carbocycles. The second-order valence-electron chi connectivity index (χ2n) is 8.84. The smallest absolute Gasteiger partial charge is 0.184 e. The van der Waals surface area contributed by atoms with Crippen molar-refractivity contribution < 1.29 is 9.59 Å². The quantitative estimate of drug-likeness (QED) is 0.665. The van der Waals surface area contributed by atoms with E-state index < -0.39 is 6.04 Å². The summed E-state index contributed by atoms with van der Waals surface area (Å²) in [6.07, 6.45) is 11.3. The van der Waals surface area contributed by atoms with Crippen LogP contribution in [0.1, 0.15) is 53.6 Å². The molecule has 7 heteroatoms. The van der Waals surface area contributed by atoms with Gasteiger partial charge in [-0.3, -0.25) is 19.3 Å². The summed E-state index contributed by atoms with van der Waals surface area (Å²) in [6.45, 7) is 0.106. The van der Waals surface area contributed by atoms with Gasteiger partial charge in [0, 0.05) is 53.5 Å². The molecule has 5 rings (SSSR count). The molecule has 3 heterocycles. The maximum absolute atomic E-state index is 13.0. The van der Waals surface area contributed by atoms with Gasteiger partial charge in [-0.25, -0.2) is 0 Å². The minimum atomic E-state index is -0.431. The monoisotopic (exact) mass is 417 g/mol. The lowest BCUT2D eigenvalue weighted by atomic mass is 9.81. The average molecular weight is 418 g/mol. The zero-order valence-electron chi connectivity index (χ0n) is 17.7. The number of nitrogens with one attached hydrogen (secondary N) is 1. The van der Waals surface area contributed by atoms with Crippen LogP contribution in [-0.4, -0.2) is 45.1 Å². The van der Waals surface area contributed by atoms with E-state index in [0.29, 0.717) is 5.56 Å². The maximum atomic E-state index is 13.0. The van der Waals surface area contributed by atoms with Gasteiger partial charge in [0.05, 0.1) is 17.9 Å². The first-order chi connectivity index (χ1) is 15.0. The molecule has 1 atom stereocenters. The normalized spacial score (nSPS) is 17.8. The second-order valence-corrected chi connectivity index (χ2v) is 8.84. The number of benzene rings is 1. The molecule has 0 radical (unpaired) electrons. The largest absolute Gasteiger partial charge is 0.354 e. The van der Waals surface area contributed by atoms with Crippen molar-refractivity contribution in [1.29, 1.82) is 0 Å². The highest BCUT2D eigenvalue weighted by Gasteiger charge is 2.27. The lowest BCUT2D eigenvalue weighted by molar-refractivity contribution is -0.121. The van der Waals surface area contributed by atoms with E-state index in [4.69, 9.17) is 5.73 Å². The average Bonchev–Trinajstić information content (AvgIpc) is 3.31. The lowest BCUT2D eigenvalue weighted by Gasteiger charge is -2.26. The number of Topliss-reactive ketones (excluding diaryl/α,β-unsaturated/α-hetero) is 2. The predicted molar refractivity (Wildman–Crippen MR) is 121 cm³/mol. The Morgan fingerprint density at radius 2 is 2.10 bits per heavy atom. The summed E-state index contributed by atoms with van der Waals surface area (Å²) in [5, 5.41) is 5.12. The highest BCUT2D eigenvalue weighted by Crippen LogP contribution is 2.34. The number of hydrogen-bond donors (Lipinski definition) is 2. The zero-order valence-corrected chi connectivity index (χ0v) is 17.7. The molecular formula is C24H27N5O2. The van der Waals surface area contributed by atoms with E-state index in [9.17, 15) is 9.59 Å². The predicted octanol–water partition coefficient (Wildman–Crippen LogP) is 3.20. The van der Waals surface area contributed by atoms with Crippen molar-refractivity contribution in [3.05, 3.63) is 41.2 Å². The molecule has 2 aromatic heterocycles. The molecule has 3 aromatic rings. The third-order valence-corrected chi connectivity index (χ3v) is 6.65. The number of aliphatic imine (C=N–C) groups is 1. The van der Waals surface area contributed by atoms with Gasteiger partial charge < -0.3 is 10.7 Å². The van der Waals surface area contributed by atoms with Crippen LogP contribution < -0.4 is 5.73 Å². The molecule has 0 unspecified atom stereocenters. The van der Waals surface area contributed by atoms with E-state index in [1.807, 2.05) is 25.4 Å². The van der Waals surface area contributed by atoms with Crippen molar-refractivity contribution in [1.82, 2.24) is 14.8 Å². The Morgan fingerprint density at radius 3 is 2.84 bits per heavy atom. The Bertz CT molecular complexity index is 1200. The van der Waals surface area contributed by atoms with Crippen LogP contribution >= 0.6 is 0 Å². The number of hydrogen-bond acceptors (Lipinski definition) is 5. The van der Waals surface area contributed by atoms with Gasteiger partial charge in [-0.2, -0.15) is 5.10 Å². The van der Waals surface area contributed by atoms with Crippen LogP contribution in [0.25, 0.3) is 22.2 Å². The van der Waals surface area contributed by atoms with Crippen LogP contribution in [0.2, 0.25) is 0 Å². The number of ketones is 2. The molecule has 1 saturated carbocycles. The van der Waals surface area contributed by atoms with Crippen LogP contribution in [0.4, 0.5) is 0 Å². The van der Waals surface area contributed by atoms with Crippen LogP contribution in [-0.2, 0) is 18.3 Å². The number of carbonyl (C=O) groups excluding carboxylic acids is 2. The van der Waals surface area contributed by atoms with Gasteiger partial charge in [-0.1, -0.05) is 19.3 Å². The summed E-state index contributed by atoms with van der Waals surface area (Å²) < 4.78 is 1.74. The van der Waals surface area contributed by atoms with E-state index in [0.717, 1.165) is 59.0 Å². The van der Waals surface area contributed by atoms with Crippen LogP contribution in [0, 0.1) is 5.92 Å². The molecule has 31 heavy (non-hydrogen) atoms. The fourth-order valence-electron chi connectivity index (χ4n) is 5.03. The third kappa shape index (κ3) is 3.63. The Morgan fingerprint density at radius 1 is 1.29 bits per heavy atom. The first kappa shape index (κ1) is 19.9. The summed E-state index contributed by atoms with van der Waals surface area (Å²) in [5.74, 6) is 0.286. The van der Waals surface area contributed by atoms with Gasteiger partial charge in [0.15, 0.2) is 11.6 Å². The lowest BCUT2D eigenvalue weighted by Crippen LogP contribution is -2.40. The van der Waals surface area contributed by atoms with Gasteiger partial charge in [0.25, 0.3) is 0 Å². The standard InChI is InChI=1S/C24H27N5O2/c1-29-13-16(10-27-29)24-18-11-26-12-21(31)17-7-14(8-19(28-24)22(17)18)9-20(30)23(25)15-5-3-2-4-6-15/h7-8,10-11,13,15,23,28H,2-6,9,12,25H2,1H3/t23-/m1/s1. The molecule has 1 aliphatic heterocycles. The minimum absolute atomic E-state index is 0.0392. The van der Waals surface area contributed by atoms with Crippen molar-refractivity contribution >= 4 is 28.7 Å². The van der Waals surface area contributed by atoms with Crippen LogP contribution in [0.3, 0.4) is 0 Å². The van der Waals surface area contributed by atoms with E-state index in [2.05, 4.69) is 15.1 Å². The number of H-pyrrole nitrogens is 1. The molecule has 160 valence electrons. The number of nitrogens with two attached hydrogens (primary N) is 1. The fourth-order valence-corrected chi connectivity index (χ4v) is 5.03. The molecule has 0 spiro atoms.